The summed E-state index contributed by atoms with van der Waals surface area (Å²) in [6, 6.07) is 0. The van der Waals surface area contributed by atoms with Gasteiger partial charge in [-0.1, -0.05) is 13.8 Å². The van der Waals surface area contributed by atoms with Crippen LogP contribution >= 0.6 is 11.3 Å². The van der Waals surface area contributed by atoms with Crippen LogP contribution in [0.15, 0.2) is 5.38 Å². The van der Waals surface area contributed by atoms with E-state index in [9.17, 15) is 0 Å². The normalized spacial score (nSPS) is 21.2. The molecule has 102 valence electrons. The van der Waals surface area contributed by atoms with Gasteiger partial charge in [0.15, 0.2) is 0 Å². The zero-order valence-electron chi connectivity index (χ0n) is 11.8. The highest BCUT2D eigenvalue weighted by molar-refractivity contribution is 7.09. The molecule has 2 N–H and O–H groups in total. The van der Waals surface area contributed by atoms with Gasteiger partial charge in [-0.3, -0.25) is 0 Å². The van der Waals surface area contributed by atoms with Gasteiger partial charge in [0.2, 0.25) is 0 Å². The fourth-order valence-electron chi connectivity index (χ4n) is 2.64. The van der Waals surface area contributed by atoms with Crippen molar-refractivity contribution < 1.29 is 0 Å². The van der Waals surface area contributed by atoms with E-state index in [0.29, 0.717) is 5.41 Å². The molecule has 3 nitrogen and oxygen atoms in total. The molecule has 1 aliphatic rings. The Labute approximate surface area is 114 Å². The van der Waals surface area contributed by atoms with Gasteiger partial charge in [0, 0.05) is 24.2 Å². The van der Waals surface area contributed by atoms with Crippen LogP contribution in [0.1, 0.15) is 37.4 Å². The summed E-state index contributed by atoms with van der Waals surface area (Å²) in [6.07, 6.45) is 2.68. The van der Waals surface area contributed by atoms with Gasteiger partial charge in [-0.2, -0.15) is 0 Å². The van der Waals surface area contributed by atoms with Crippen LogP contribution < -0.4 is 10.6 Å². The Hall–Kier alpha value is -0.450. The summed E-state index contributed by atoms with van der Waals surface area (Å²) in [5.74, 6) is 0.789. The molecule has 0 aliphatic carbocycles. The van der Waals surface area contributed by atoms with Crippen LogP contribution in [0.25, 0.3) is 0 Å². The van der Waals surface area contributed by atoms with Crippen LogP contribution in [-0.2, 0) is 6.54 Å². The van der Waals surface area contributed by atoms with Gasteiger partial charge >= 0.3 is 0 Å². The molecule has 0 bridgehead atoms. The molecule has 1 aliphatic heterocycles. The Morgan fingerprint density at radius 2 is 2.39 bits per heavy atom. The Bertz CT molecular complexity index is 367. The summed E-state index contributed by atoms with van der Waals surface area (Å²) < 4.78 is 0. The summed E-state index contributed by atoms with van der Waals surface area (Å²) >= 11 is 1.75. The van der Waals surface area contributed by atoms with E-state index in [-0.39, 0.29) is 0 Å². The first-order valence-electron chi connectivity index (χ1n) is 6.90. The second-order valence-electron chi connectivity index (χ2n) is 6.02. The first kappa shape index (κ1) is 14.0. The van der Waals surface area contributed by atoms with Crippen LogP contribution in [0.4, 0.5) is 0 Å². The Morgan fingerprint density at radius 1 is 1.56 bits per heavy atom. The summed E-state index contributed by atoms with van der Waals surface area (Å²) in [7, 11) is 0. The molecule has 1 fully saturated rings. The van der Waals surface area contributed by atoms with Crippen molar-refractivity contribution >= 4 is 11.3 Å². The molecule has 1 unspecified atom stereocenters. The quantitative estimate of drug-likeness (QED) is 0.861. The number of thiazole rings is 1. The fourth-order valence-corrected chi connectivity index (χ4v) is 3.38. The number of hydrogen-bond acceptors (Lipinski definition) is 4. The third kappa shape index (κ3) is 3.77. The summed E-state index contributed by atoms with van der Waals surface area (Å²) in [4.78, 5) is 4.49. The van der Waals surface area contributed by atoms with Crippen molar-refractivity contribution in [3.63, 3.8) is 0 Å². The maximum absolute atomic E-state index is 4.49. The number of piperidine rings is 1. The molecule has 0 amide bonds. The number of nitrogens with zero attached hydrogens (tertiary/aromatic N) is 1. The highest BCUT2D eigenvalue weighted by atomic mass is 32.1. The van der Waals surface area contributed by atoms with Crippen LogP contribution in [0.2, 0.25) is 0 Å². The van der Waals surface area contributed by atoms with Gasteiger partial charge in [-0.25, -0.2) is 4.98 Å². The van der Waals surface area contributed by atoms with Gasteiger partial charge < -0.3 is 10.6 Å². The van der Waals surface area contributed by atoms with Gasteiger partial charge in [-0.15, -0.1) is 11.3 Å². The lowest BCUT2D eigenvalue weighted by molar-refractivity contribution is 0.166. The van der Waals surface area contributed by atoms with Gasteiger partial charge in [0.05, 0.1) is 0 Å². The standard InChI is InChI=1S/C14H25N3S/c1-11-9-18-13(17-11)8-16-10-14(2,3)12-5-4-6-15-7-12/h9,12,15-16H,4-8,10H2,1-3H3. The lowest BCUT2D eigenvalue weighted by Crippen LogP contribution is -2.43. The number of hydrogen-bond donors (Lipinski definition) is 2. The summed E-state index contributed by atoms with van der Waals surface area (Å²) in [5.41, 5.74) is 1.49. The SMILES string of the molecule is Cc1csc(CNCC(C)(C)C2CCCNC2)n1. The first-order chi connectivity index (χ1) is 8.58. The minimum absolute atomic E-state index is 0.361. The van der Waals surface area contributed by atoms with E-state index in [1.54, 1.807) is 11.3 Å². The predicted molar refractivity (Wildman–Crippen MR) is 77.9 cm³/mol. The van der Waals surface area contributed by atoms with Crippen LogP contribution in [-0.4, -0.2) is 24.6 Å². The molecule has 1 saturated heterocycles. The Kier molecular flexibility index (Phi) is 4.76. The van der Waals surface area contributed by atoms with Crippen molar-refractivity contribution in [1.29, 1.82) is 0 Å². The molecule has 0 spiro atoms. The topological polar surface area (TPSA) is 37.0 Å². The minimum Gasteiger partial charge on any atom is -0.316 e. The Balaban J connectivity index is 1.77. The van der Waals surface area contributed by atoms with Crippen LogP contribution in [0.5, 0.6) is 0 Å². The minimum atomic E-state index is 0.361. The highest BCUT2D eigenvalue weighted by Crippen LogP contribution is 2.31. The van der Waals surface area contributed by atoms with Crippen molar-refractivity contribution in [2.45, 2.75) is 40.2 Å². The molecule has 1 atom stereocenters. The summed E-state index contributed by atoms with van der Waals surface area (Å²) in [5, 5.41) is 10.4. The molecule has 4 heteroatoms. The molecule has 18 heavy (non-hydrogen) atoms. The van der Waals surface area contributed by atoms with Crippen molar-refractivity contribution in [2.75, 3.05) is 19.6 Å². The largest absolute Gasteiger partial charge is 0.316 e. The predicted octanol–water partition coefficient (Wildman–Crippen LogP) is 2.57. The van der Waals surface area contributed by atoms with Crippen molar-refractivity contribution in [2.24, 2.45) is 11.3 Å². The Morgan fingerprint density at radius 3 is 3.00 bits per heavy atom. The average Bonchev–Trinajstić information content (AvgIpc) is 2.76. The second-order valence-corrected chi connectivity index (χ2v) is 6.96. The molecular formula is C14H25N3S. The van der Waals surface area contributed by atoms with Crippen molar-refractivity contribution in [3.8, 4) is 0 Å². The fraction of sp³-hybridized carbons (Fsp3) is 0.786. The third-order valence-corrected chi connectivity index (χ3v) is 4.89. The van der Waals surface area contributed by atoms with E-state index in [4.69, 9.17) is 0 Å². The van der Waals surface area contributed by atoms with E-state index in [0.717, 1.165) is 24.7 Å². The average molecular weight is 267 g/mol. The van der Waals surface area contributed by atoms with E-state index in [2.05, 4.69) is 41.8 Å². The lowest BCUT2D eigenvalue weighted by Gasteiger charge is -2.37. The van der Waals surface area contributed by atoms with E-state index >= 15 is 0 Å². The molecule has 0 saturated carbocycles. The molecular weight excluding hydrogens is 242 g/mol. The number of rotatable bonds is 5. The molecule has 2 rings (SSSR count). The zero-order valence-corrected chi connectivity index (χ0v) is 12.6. The monoisotopic (exact) mass is 267 g/mol. The second kappa shape index (κ2) is 6.13. The van der Waals surface area contributed by atoms with Crippen LogP contribution in [0, 0.1) is 18.3 Å². The molecule has 2 heterocycles. The molecule has 1 aromatic rings. The van der Waals surface area contributed by atoms with E-state index in [1.165, 1.54) is 30.9 Å². The smallest absolute Gasteiger partial charge is 0.107 e. The van der Waals surface area contributed by atoms with Crippen LogP contribution in [0.3, 0.4) is 0 Å². The van der Waals surface area contributed by atoms with Gasteiger partial charge in [0.25, 0.3) is 0 Å². The number of nitrogens with one attached hydrogen (secondary N) is 2. The first-order valence-corrected chi connectivity index (χ1v) is 7.78. The zero-order chi connectivity index (χ0) is 13.0. The summed E-state index contributed by atoms with van der Waals surface area (Å²) in [6.45, 7) is 11.1. The number of aryl methyl sites for hydroxylation is 1. The molecule has 0 radical (unpaired) electrons. The molecule has 1 aromatic heterocycles. The van der Waals surface area contributed by atoms with E-state index < -0.39 is 0 Å². The van der Waals surface area contributed by atoms with E-state index in [1.807, 2.05) is 0 Å². The highest BCUT2D eigenvalue weighted by Gasteiger charge is 2.30. The lowest BCUT2D eigenvalue weighted by atomic mass is 9.75. The maximum Gasteiger partial charge on any atom is 0.107 e. The van der Waals surface area contributed by atoms with Crippen molar-refractivity contribution in [3.05, 3.63) is 16.1 Å². The third-order valence-electron chi connectivity index (χ3n) is 3.93. The van der Waals surface area contributed by atoms with Gasteiger partial charge in [0.1, 0.15) is 5.01 Å². The van der Waals surface area contributed by atoms with Crippen molar-refractivity contribution in [1.82, 2.24) is 15.6 Å². The van der Waals surface area contributed by atoms with Gasteiger partial charge in [-0.05, 0) is 44.2 Å². The molecule has 0 aromatic carbocycles. The number of aromatic nitrogens is 1. The maximum atomic E-state index is 4.49.